The molecule has 0 aliphatic heterocycles. The summed E-state index contributed by atoms with van der Waals surface area (Å²) in [5, 5.41) is 0. The third-order valence-corrected chi connectivity index (χ3v) is 12.8. The molecule has 0 aromatic carbocycles. The van der Waals surface area contributed by atoms with Gasteiger partial charge in [-0.05, 0) is 167 Å². The van der Waals surface area contributed by atoms with E-state index in [9.17, 15) is 14.4 Å². The van der Waals surface area contributed by atoms with Crippen LogP contribution in [0.5, 0.6) is 0 Å². The molecule has 0 saturated heterocycles. The lowest BCUT2D eigenvalue weighted by atomic mass is 10.1. The van der Waals surface area contributed by atoms with Crippen molar-refractivity contribution in [2.75, 3.05) is 13.2 Å². The van der Waals surface area contributed by atoms with Crippen molar-refractivity contribution in [3.63, 3.8) is 0 Å². The van der Waals surface area contributed by atoms with Gasteiger partial charge in [0.15, 0.2) is 6.10 Å². The van der Waals surface area contributed by atoms with E-state index in [1.54, 1.807) is 0 Å². The summed E-state index contributed by atoms with van der Waals surface area (Å²) >= 11 is 0. The quantitative estimate of drug-likeness (QED) is 0.0261. The number of rotatable bonds is 56. The number of carbonyl (C=O) groups is 3. The van der Waals surface area contributed by atoms with Gasteiger partial charge in [0.2, 0.25) is 0 Å². The van der Waals surface area contributed by atoms with Gasteiger partial charge in [0.25, 0.3) is 0 Å². The van der Waals surface area contributed by atoms with Gasteiger partial charge in [-0.1, -0.05) is 254 Å². The van der Waals surface area contributed by atoms with E-state index >= 15 is 0 Å². The Bertz CT molecular complexity index is 1970. The molecule has 0 aliphatic carbocycles. The molecule has 0 spiro atoms. The van der Waals surface area contributed by atoms with Gasteiger partial charge in [-0.15, -0.1) is 0 Å². The highest BCUT2D eigenvalue weighted by atomic mass is 16.6. The molecule has 1 unspecified atom stereocenters. The maximum absolute atomic E-state index is 12.9. The average Bonchev–Trinajstić information content (AvgIpc) is 3.47. The average molecular weight is 1130 g/mol. The molecule has 0 bridgehead atoms. The predicted molar refractivity (Wildman–Crippen MR) is 357 cm³/mol. The van der Waals surface area contributed by atoms with E-state index in [1.165, 1.54) is 32.1 Å². The van der Waals surface area contributed by atoms with Crippen molar-refractivity contribution in [1.29, 1.82) is 0 Å². The van der Waals surface area contributed by atoms with Crippen LogP contribution in [-0.4, -0.2) is 37.2 Å². The monoisotopic (exact) mass is 1120 g/mol. The molecule has 0 radical (unpaired) electrons. The number of allylic oxidation sites excluding steroid dienone is 32. The van der Waals surface area contributed by atoms with E-state index in [-0.39, 0.29) is 44.0 Å². The zero-order chi connectivity index (χ0) is 59.2. The first-order valence-electron chi connectivity index (χ1n) is 32.4. The molecule has 0 fully saturated rings. The van der Waals surface area contributed by atoms with Crippen LogP contribution in [0.4, 0.5) is 0 Å². The van der Waals surface area contributed by atoms with Gasteiger partial charge >= 0.3 is 17.9 Å². The van der Waals surface area contributed by atoms with Crippen molar-refractivity contribution < 1.29 is 28.6 Å². The number of esters is 3. The standard InChI is InChI=1S/C76H116O6/c1-4-7-10-13-16-19-22-25-28-31-33-35-36-37-38-39-40-42-43-45-48-51-54-57-60-63-66-69-75(78)81-72-73(71-80-74(77)68-65-62-59-56-53-50-47-30-27-24-21-18-15-12-9-6-3)82-76(79)70-67-64-61-58-55-52-49-46-44-41-34-32-29-26-23-20-17-14-11-8-5-2/h7-8,10-11,16-17,19-21,24-26,28-30,33-35,37-38,40-42,45-49,54-55,57-58,73H,4-6,9,12-15,18,22-23,27,31-32,36,39,43-44,50-53,56,59-72H2,1-3H3/b10-7-,11-8-,19-16-,20-17-,24-21-,28-25-,29-26-,35-33-,38-37-,41-34-,42-40-,47-30-,48-45-,49-46-,57-54-,58-55-. The smallest absolute Gasteiger partial charge is 0.306 e. The van der Waals surface area contributed by atoms with Crippen molar-refractivity contribution in [1.82, 2.24) is 0 Å². The molecule has 6 heteroatoms. The van der Waals surface area contributed by atoms with E-state index in [1.807, 2.05) is 0 Å². The minimum absolute atomic E-state index is 0.128. The highest BCUT2D eigenvalue weighted by Gasteiger charge is 2.19. The Morgan fingerprint density at radius 2 is 0.476 bits per heavy atom. The van der Waals surface area contributed by atoms with Gasteiger partial charge in [-0.3, -0.25) is 14.4 Å². The Hall–Kier alpha value is -5.75. The molecule has 1 atom stereocenters. The van der Waals surface area contributed by atoms with Gasteiger partial charge < -0.3 is 14.2 Å². The summed E-state index contributed by atoms with van der Waals surface area (Å²) in [6.45, 7) is 6.30. The molecular weight excluding hydrogens is 1010 g/mol. The molecule has 0 N–H and O–H groups in total. The van der Waals surface area contributed by atoms with E-state index < -0.39 is 6.10 Å². The lowest BCUT2D eigenvalue weighted by molar-refractivity contribution is -0.167. The lowest BCUT2D eigenvalue weighted by Gasteiger charge is -2.18. The number of carbonyl (C=O) groups excluding carboxylic acids is 3. The third-order valence-electron chi connectivity index (χ3n) is 12.8. The third kappa shape index (κ3) is 65.1. The predicted octanol–water partition coefficient (Wildman–Crippen LogP) is 22.6. The zero-order valence-corrected chi connectivity index (χ0v) is 52.2. The van der Waals surface area contributed by atoms with E-state index in [0.717, 1.165) is 161 Å². The summed E-state index contributed by atoms with van der Waals surface area (Å²) in [6.07, 6.45) is 103. The highest BCUT2D eigenvalue weighted by molar-refractivity contribution is 5.71. The fourth-order valence-corrected chi connectivity index (χ4v) is 8.02. The van der Waals surface area contributed by atoms with Crippen LogP contribution in [0.3, 0.4) is 0 Å². The number of hydrogen-bond acceptors (Lipinski definition) is 6. The van der Waals surface area contributed by atoms with Crippen molar-refractivity contribution in [2.24, 2.45) is 0 Å². The molecule has 0 heterocycles. The van der Waals surface area contributed by atoms with Crippen molar-refractivity contribution in [3.05, 3.63) is 194 Å². The maximum atomic E-state index is 12.9. The maximum Gasteiger partial charge on any atom is 0.306 e. The topological polar surface area (TPSA) is 78.9 Å². The highest BCUT2D eigenvalue weighted by Crippen LogP contribution is 2.12. The molecule has 82 heavy (non-hydrogen) atoms. The molecule has 0 aromatic heterocycles. The van der Waals surface area contributed by atoms with Crippen molar-refractivity contribution in [3.8, 4) is 0 Å². The number of ether oxygens (including phenoxy) is 3. The lowest BCUT2D eigenvalue weighted by Crippen LogP contribution is -2.30. The number of hydrogen-bond donors (Lipinski definition) is 0. The fourth-order valence-electron chi connectivity index (χ4n) is 8.02. The molecule has 0 amide bonds. The van der Waals surface area contributed by atoms with Crippen LogP contribution < -0.4 is 0 Å². The Morgan fingerprint density at radius 1 is 0.256 bits per heavy atom. The minimum Gasteiger partial charge on any atom is -0.462 e. The van der Waals surface area contributed by atoms with E-state index in [4.69, 9.17) is 14.2 Å². The van der Waals surface area contributed by atoms with Gasteiger partial charge in [0, 0.05) is 19.3 Å². The molecule has 0 saturated carbocycles. The largest absolute Gasteiger partial charge is 0.462 e. The second kappa shape index (κ2) is 67.8. The molecular formula is C76H116O6. The van der Waals surface area contributed by atoms with Crippen LogP contribution >= 0.6 is 0 Å². The zero-order valence-electron chi connectivity index (χ0n) is 52.2. The van der Waals surface area contributed by atoms with E-state index in [0.29, 0.717) is 19.3 Å². The Kier molecular flexibility index (Phi) is 63.0. The molecule has 6 nitrogen and oxygen atoms in total. The Balaban J connectivity index is 4.60. The van der Waals surface area contributed by atoms with Crippen LogP contribution in [-0.2, 0) is 28.6 Å². The molecule has 0 rings (SSSR count). The van der Waals surface area contributed by atoms with Crippen LogP contribution in [0.15, 0.2) is 194 Å². The summed E-state index contributed by atoms with van der Waals surface area (Å²) in [7, 11) is 0. The van der Waals surface area contributed by atoms with E-state index in [2.05, 4.69) is 215 Å². The molecule has 456 valence electrons. The van der Waals surface area contributed by atoms with Crippen LogP contribution in [0.25, 0.3) is 0 Å². The van der Waals surface area contributed by atoms with Crippen molar-refractivity contribution in [2.45, 2.75) is 252 Å². The summed E-state index contributed by atoms with van der Waals surface area (Å²) < 4.78 is 16.8. The first-order chi connectivity index (χ1) is 40.5. The van der Waals surface area contributed by atoms with Gasteiger partial charge in [0.05, 0.1) is 0 Å². The summed E-state index contributed by atoms with van der Waals surface area (Å²) in [4.78, 5) is 38.3. The van der Waals surface area contributed by atoms with Gasteiger partial charge in [-0.2, -0.15) is 0 Å². The first-order valence-corrected chi connectivity index (χ1v) is 32.4. The second-order valence-corrected chi connectivity index (χ2v) is 20.5. The van der Waals surface area contributed by atoms with Crippen molar-refractivity contribution >= 4 is 17.9 Å². The fraction of sp³-hybridized carbons (Fsp3) is 0.539. The van der Waals surface area contributed by atoms with Gasteiger partial charge in [0.1, 0.15) is 13.2 Å². The SMILES string of the molecule is CC/C=C\C/C=C\C/C=C\C/C=C\C/C=C\C/C=C\C/C=C\C/C=C\CCCCC(=O)OCC(COC(=O)CCCCCCC/C=C\C/C=C\CCCCCC)OC(=O)CCCC/C=C\C/C=C\C/C=C\C/C=C\C/C=C\C/C=C\CC. The second-order valence-electron chi connectivity index (χ2n) is 20.5. The molecule has 0 aliphatic rings. The van der Waals surface area contributed by atoms with Gasteiger partial charge in [-0.25, -0.2) is 0 Å². The summed E-state index contributed by atoms with van der Waals surface area (Å²) in [5.41, 5.74) is 0. The first kappa shape index (κ1) is 76.2. The summed E-state index contributed by atoms with van der Waals surface area (Å²) in [5.74, 6) is -1.04. The normalized spacial score (nSPS) is 13.5. The summed E-state index contributed by atoms with van der Waals surface area (Å²) in [6, 6.07) is 0. The van der Waals surface area contributed by atoms with Crippen LogP contribution in [0, 0.1) is 0 Å². The Morgan fingerprint density at radius 3 is 0.768 bits per heavy atom. The van der Waals surface area contributed by atoms with Crippen LogP contribution in [0.1, 0.15) is 245 Å². The Labute approximate surface area is 503 Å². The number of unbranched alkanes of at least 4 members (excludes halogenated alkanes) is 13. The minimum atomic E-state index is -0.839. The van der Waals surface area contributed by atoms with Crippen LogP contribution in [0.2, 0.25) is 0 Å². The molecule has 0 aromatic rings.